The van der Waals surface area contributed by atoms with Gasteiger partial charge in [-0.2, -0.15) is 5.26 Å². The number of carbonyl (C=O) groups is 1. The van der Waals surface area contributed by atoms with Crippen molar-refractivity contribution in [3.8, 4) is 6.07 Å². The molecule has 0 saturated carbocycles. The topological polar surface area (TPSA) is 70.1 Å². The summed E-state index contributed by atoms with van der Waals surface area (Å²) >= 11 is 0. The van der Waals surface area contributed by atoms with E-state index >= 15 is 0 Å². The molecule has 0 unspecified atom stereocenters. The Morgan fingerprint density at radius 3 is 2.73 bits per heavy atom. The van der Waals surface area contributed by atoms with E-state index in [0.29, 0.717) is 0 Å². The molecule has 0 bridgehead atoms. The van der Waals surface area contributed by atoms with Crippen LogP contribution in [0.3, 0.4) is 0 Å². The van der Waals surface area contributed by atoms with Gasteiger partial charge in [-0.15, -0.1) is 0 Å². The van der Waals surface area contributed by atoms with Gasteiger partial charge in [-0.05, 0) is 13.0 Å². The Balaban J connectivity index is 3.70. The highest BCUT2D eigenvalue weighted by molar-refractivity contribution is 5.75. The van der Waals surface area contributed by atoms with Gasteiger partial charge in [0, 0.05) is 0 Å². The SMILES string of the molecule is CCCN(CC#N)CC(N)=O. The molecule has 2 N–H and O–H groups in total. The van der Waals surface area contributed by atoms with Gasteiger partial charge in [-0.1, -0.05) is 6.92 Å². The van der Waals surface area contributed by atoms with Crippen LogP contribution in [0.25, 0.3) is 0 Å². The van der Waals surface area contributed by atoms with E-state index in [1.54, 1.807) is 4.90 Å². The summed E-state index contributed by atoms with van der Waals surface area (Å²) in [5.41, 5.74) is 4.96. The summed E-state index contributed by atoms with van der Waals surface area (Å²) < 4.78 is 0. The monoisotopic (exact) mass is 155 g/mol. The van der Waals surface area contributed by atoms with Crippen molar-refractivity contribution in [3.05, 3.63) is 0 Å². The zero-order chi connectivity index (χ0) is 8.69. The van der Waals surface area contributed by atoms with Crippen molar-refractivity contribution in [2.24, 2.45) is 5.73 Å². The van der Waals surface area contributed by atoms with Gasteiger partial charge in [0.1, 0.15) is 0 Å². The zero-order valence-corrected chi connectivity index (χ0v) is 6.71. The van der Waals surface area contributed by atoms with Gasteiger partial charge in [0.2, 0.25) is 5.91 Å². The molecule has 1 amide bonds. The predicted molar refractivity (Wildman–Crippen MR) is 41.5 cm³/mol. The van der Waals surface area contributed by atoms with Gasteiger partial charge >= 0.3 is 0 Å². The fourth-order valence-electron chi connectivity index (χ4n) is 0.851. The zero-order valence-electron chi connectivity index (χ0n) is 6.71. The maximum atomic E-state index is 10.4. The van der Waals surface area contributed by atoms with Crippen LogP contribution >= 0.6 is 0 Å². The highest BCUT2D eigenvalue weighted by Gasteiger charge is 2.04. The molecule has 0 fully saturated rings. The van der Waals surface area contributed by atoms with E-state index in [9.17, 15) is 4.79 Å². The highest BCUT2D eigenvalue weighted by atomic mass is 16.1. The van der Waals surface area contributed by atoms with E-state index in [1.807, 2.05) is 13.0 Å². The fraction of sp³-hybridized carbons (Fsp3) is 0.714. The van der Waals surface area contributed by atoms with Crippen molar-refractivity contribution in [2.75, 3.05) is 19.6 Å². The molecule has 0 saturated heterocycles. The molecule has 0 rings (SSSR count). The van der Waals surface area contributed by atoms with Crippen LogP contribution in [0.1, 0.15) is 13.3 Å². The van der Waals surface area contributed by atoms with Crippen molar-refractivity contribution in [2.45, 2.75) is 13.3 Å². The number of nitriles is 1. The van der Waals surface area contributed by atoms with E-state index in [4.69, 9.17) is 11.0 Å². The third kappa shape index (κ3) is 5.37. The van der Waals surface area contributed by atoms with Crippen LogP contribution in [0.5, 0.6) is 0 Å². The largest absolute Gasteiger partial charge is 0.369 e. The van der Waals surface area contributed by atoms with Crippen LogP contribution in [-0.4, -0.2) is 30.4 Å². The third-order valence-electron chi connectivity index (χ3n) is 1.21. The molecule has 0 aliphatic heterocycles. The van der Waals surface area contributed by atoms with Crippen LogP contribution in [0, 0.1) is 11.3 Å². The summed E-state index contributed by atoms with van der Waals surface area (Å²) in [6.45, 7) is 3.19. The maximum Gasteiger partial charge on any atom is 0.231 e. The molecule has 0 atom stereocenters. The van der Waals surface area contributed by atoms with Gasteiger partial charge in [0.05, 0.1) is 19.2 Å². The summed E-state index contributed by atoms with van der Waals surface area (Å²) in [5, 5.41) is 8.33. The molecule has 11 heavy (non-hydrogen) atoms. The normalized spacial score (nSPS) is 9.55. The molecule has 0 aliphatic rings. The summed E-state index contributed by atoms with van der Waals surface area (Å²) in [6.07, 6.45) is 0.926. The Bertz CT molecular complexity index is 162. The number of amides is 1. The second-order valence-corrected chi connectivity index (χ2v) is 2.34. The summed E-state index contributed by atoms with van der Waals surface area (Å²) in [5.74, 6) is -0.381. The molecule has 0 heterocycles. The quantitative estimate of drug-likeness (QED) is 0.554. The summed E-state index contributed by atoms with van der Waals surface area (Å²) in [7, 11) is 0. The third-order valence-corrected chi connectivity index (χ3v) is 1.21. The molecule has 0 aromatic heterocycles. The van der Waals surface area contributed by atoms with Crippen LogP contribution in [0.4, 0.5) is 0 Å². The number of primary amides is 1. The lowest BCUT2D eigenvalue weighted by atomic mass is 10.4. The number of hydrogen-bond acceptors (Lipinski definition) is 3. The minimum atomic E-state index is -0.381. The van der Waals surface area contributed by atoms with Crippen molar-refractivity contribution in [3.63, 3.8) is 0 Å². The van der Waals surface area contributed by atoms with Crippen molar-refractivity contribution < 1.29 is 4.79 Å². The lowest BCUT2D eigenvalue weighted by molar-refractivity contribution is -0.119. The average Bonchev–Trinajstić information content (AvgIpc) is 1.87. The van der Waals surface area contributed by atoms with Crippen LogP contribution < -0.4 is 5.73 Å². The maximum absolute atomic E-state index is 10.4. The highest BCUT2D eigenvalue weighted by Crippen LogP contribution is 1.88. The second-order valence-electron chi connectivity index (χ2n) is 2.34. The number of nitrogens with two attached hydrogens (primary N) is 1. The van der Waals surface area contributed by atoms with E-state index < -0.39 is 0 Å². The molecular weight excluding hydrogens is 142 g/mol. The van der Waals surface area contributed by atoms with Gasteiger partial charge < -0.3 is 5.73 Å². The van der Waals surface area contributed by atoms with E-state index in [0.717, 1.165) is 13.0 Å². The van der Waals surface area contributed by atoms with Crippen molar-refractivity contribution >= 4 is 5.91 Å². The van der Waals surface area contributed by atoms with Gasteiger partial charge in [0.15, 0.2) is 0 Å². The first kappa shape index (κ1) is 9.92. The smallest absolute Gasteiger partial charge is 0.231 e. The Morgan fingerprint density at radius 1 is 1.73 bits per heavy atom. The van der Waals surface area contributed by atoms with Gasteiger partial charge in [-0.25, -0.2) is 0 Å². The number of carbonyl (C=O) groups excluding carboxylic acids is 1. The molecule has 0 aromatic rings. The number of hydrogen-bond donors (Lipinski definition) is 1. The summed E-state index contributed by atoms with van der Waals surface area (Å²) in [6, 6.07) is 1.98. The van der Waals surface area contributed by atoms with E-state index in [-0.39, 0.29) is 19.0 Å². The Labute approximate surface area is 66.6 Å². The van der Waals surface area contributed by atoms with Crippen LogP contribution in [-0.2, 0) is 4.79 Å². The molecule has 4 heteroatoms. The van der Waals surface area contributed by atoms with Gasteiger partial charge in [0.25, 0.3) is 0 Å². The first-order valence-electron chi connectivity index (χ1n) is 3.58. The Morgan fingerprint density at radius 2 is 2.36 bits per heavy atom. The van der Waals surface area contributed by atoms with Crippen LogP contribution in [0.2, 0.25) is 0 Å². The lowest BCUT2D eigenvalue weighted by Gasteiger charge is -2.14. The summed E-state index contributed by atoms with van der Waals surface area (Å²) in [4.78, 5) is 12.2. The van der Waals surface area contributed by atoms with E-state index in [1.165, 1.54) is 0 Å². The lowest BCUT2D eigenvalue weighted by Crippen LogP contribution is -2.34. The number of nitrogens with zero attached hydrogens (tertiary/aromatic N) is 2. The molecule has 0 aliphatic carbocycles. The Kier molecular flexibility index (Phi) is 5.13. The average molecular weight is 155 g/mol. The van der Waals surface area contributed by atoms with Crippen LogP contribution in [0.15, 0.2) is 0 Å². The molecule has 62 valence electrons. The second kappa shape index (κ2) is 5.69. The fourth-order valence-corrected chi connectivity index (χ4v) is 0.851. The Hall–Kier alpha value is -1.08. The predicted octanol–water partition coefficient (Wildman–Crippen LogP) is -0.293. The first-order chi connectivity index (χ1) is 5.20. The molecule has 4 nitrogen and oxygen atoms in total. The van der Waals surface area contributed by atoms with Gasteiger partial charge in [-0.3, -0.25) is 9.69 Å². The number of rotatable bonds is 5. The molecule has 0 spiro atoms. The van der Waals surface area contributed by atoms with Crippen molar-refractivity contribution in [1.82, 2.24) is 4.90 Å². The molecular formula is C7H13N3O. The molecule has 0 aromatic carbocycles. The minimum Gasteiger partial charge on any atom is -0.369 e. The minimum absolute atomic E-state index is 0.182. The van der Waals surface area contributed by atoms with Crippen molar-refractivity contribution in [1.29, 1.82) is 5.26 Å². The standard InChI is InChI=1S/C7H13N3O/c1-2-4-10(5-3-8)6-7(9)11/h2,4-6H2,1H3,(H2,9,11). The molecule has 0 radical (unpaired) electrons. The van der Waals surface area contributed by atoms with E-state index in [2.05, 4.69) is 0 Å². The first-order valence-corrected chi connectivity index (χ1v) is 3.58.